The van der Waals surface area contributed by atoms with Crippen LogP contribution in [0, 0.1) is 5.82 Å². The maximum absolute atomic E-state index is 13.4. The molecule has 100 valence electrons. The van der Waals surface area contributed by atoms with Gasteiger partial charge < -0.3 is 5.32 Å². The van der Waals surface area contributed by atoms with E-state index in [1.165, 1.54) is 6.07 Å². The Morgan fingerprint density at radius 2 is 1.89 bits per heavy atom. The van der Waals surface area contributed by atoms with Gasteiger partial charge in [-0.25, -0.2) is 4.39 Å². The van der Waals surface area contributed by atoms with Crippen LogP contribution in [0.15, 0.2) is 42.5 Å². The first kappa shape index (κ1) is 14.3. The molecule has 19 heavy (non-hydrogen) atoms. The Hall–Kier alpha value is -1.09. The summed E-state index contributed by atoms with van der Waals surface area (Å²) in [5, 5.41) is 4.07. The first-order valence-corrected chi connectivity index (χ1v) is 6.73. The van der Waals surface area contributed by atoms with E-state index in [9.17, 15) is 4.39 Å². The molecule has 2 aromatic rings. The number of nitrogens with one attached hydrogen (secondary N) is 1. The Kier molecular flexibility index (Phi) is 4.81. The zero-order valence-electron chi connectivity index (χ0n) is 10.5. The van der Waals surface area contributed by atoms with Crippen molar-refractivity contribution in [2.24, 2.45) is 0 Å². The van der Waals surface area contributed by atoms with Gasteiger partial charge in [0.05, 0.1) is 5.02 Å². The second-order valence-electron chi connectivity index (χ2n) is 4.31. The molecule has 1 atom stereocenters. The first-order valence-electron chi connectivity index (χ1n) is 5.97. The molecule has 0 spiro atoms. The molecule has 0 saturated carbocycles. The van der Waals surface area contributed by atoms with Crippen molar-refractivity contribution >= 4 is 23.2 Å². The molecule has 1 unspecified atom stereocenters. The van der Waals surface area contributed by atoms with Crippen molar-refractivity contribution in [3.05, 3.63) is 69.5 Å². The molecular weight excluding hydrogens is 284 g/mol. The molecule has 0 aliphatic rings. The third-order valence-corrected chi connectivity index (χ3v) is 3.71. The number of benzene rings is 2. The summed E-state index contributed by atoms with van der Waals surface area (Å²) in [6.07, 6.45) is 0.605. The van der Waals surface area contributed by atoms with Crippen LogP contribution in [0.5, 0.6) is 0 Å². The minimum atomic E-state index is -0.389. The van der Waals surface area contributed by atoms with Gasteiger partial charge in [0.25, 0.3) is 0 Å². The SMILES string of the molecule is CNC(Cc1cccc(F)c1Cl)c1cccc(Cl)c1. The van der Waals surface area contributed by atoms with E-state index >= 15 is 0 Å². The van der Waals surface area contributed by atoms with Gasteiger partial charge in [-0.2, -0.15) is 0 Å². The predicted octanol–water partition coefficient (Wildman–Crippen LogP) is 4.64. The molecule has 0 aliphatic heterocycles. The summed E-state index contributed by atoms with van der Waals surface area (Å²) < 4.78 is 13.4. The molecule has 0 aromatic heterocycles. The summed E-state index contributed by atoms with van der Waals surface area (Å²) in [7, 11) is 1.86. The van der Waals surface area contributed by atoms with Crippen molar-refractivity contribution in [1.82, 2.24) is 5.32 Å². The maximum Gasteiger partial charge on any atom is 0.142 e. The van der Waals surface area contributed by atoms with Crippen LogP contribution in [0.4, 0.5) is 4.39 Å². The summed E-state index contributed by atoms with van der Waals surface area (Å²) in [5.41, 5.74) is 1.83. The average Bonchev–Trinajstić information content (AvgIpc) is 2.40. The lowest BCUT2D eigenvalue weighted by molar-refractivity contribution is 0.584. The van der Waals surface area contributed by atoms with Gasteiger partial charge in [-0.15, -0.1) is 0 Å². The van der Waals surface area contributed by atoms with Crippen LogP contribution < -0.4 is 5.32 Å². The van der Waals surface area contributed by atoms with Gasteiger partial charge in [0.2, 0.25) is 0 Å². The van der Waals surface area contributed by atoms with E-state index in [4.69, 9.17) is 23.2 Å². The van der Waals surface area contributed by atoms with Gasteiger partial charge in [-0.3, -0.25) is 0 Å². The van der Waals surface area contributed by atoms with E-state index in [0.29, 0.717) is 11.4 Å². The molecule has 0 amide bonds. The lowest BCUT2D eigenvalue weighted by Crippen LogP contribution is -2.19. The molecule has 0 aliphatic carbocycles. The van der Waals surface area contributed by atoms with Crippen LogP contribution in [-0.2, 0) is 6.42 Å². The van der Waals surface area contributed by atoms with Crippen LogP contribution in [0.1, 0.15) is 17.2 Å². The molecule has 4 heteroatoms. The zero-order valence-corrected chi connectivity index (χ0v) is 12.0. The lowest BCUT2D eigenvalue weighted by atomic mass is 9.99. The molecule has 0 bridgehead atoms. The van der Waals surface area contributed by atoms with Gasteiger partial charge in [0, 0.05) is 11.1 Å². The second-order valence-corrected chi connectivity index (χ2v) is 5.13. The van der Waals surface area contributed by atoms with Gasteiger partial charge in [0.15, 0.2) is 0 Å². The van der Waals surface area contributed by atoms with Gasteiger partial charge in [0.1, 0.15) is 5.82 Å². The Labute approximate surface area is 122 Å². The Morgan fingerprint density at radius 3 is 2.58 bits per heavy atom. The lowest BCUT2D eigenvalue weighted by Gasteiger charge is -2.18. The Bertz CT molecular complexity index is 572. The van der Waals surface area contributed by atoms with E-state index < -0.39 is 0 Å². The van der Waals surface area contributed by atoms with Crippen LogP contribution in [0.2, 0.25) is 10.0 Å². The highest BCUT2D eigenvalue weighted by atomic mass is 35.5. The molecule has 0 heterocycles. The predicted molar refractivity (Wildman–Crippen MR) is 78.4 cm³/mol. The summed E-state index contributed by atoms with van der Waals surface area (Å²) in [5.74, 6) is -0.389. The number of halogens is 3. The highest BCUT2D eigenvalue weighted by Gasteiger charge is 2.14. The van der Waals surface area contributed by atoms with Gasteiger partial charge >= 0.3 is 0 Å². The normalized spacial score (nSPS) is 12.4. The maximum atomic E-state index is 13.4. The molecule has 2 aromatic carbocycles. The number of hydrogen-bond acceptors (Lipinski definition) is 1. The fourth-order valence-corrected chi connectivity index (χ4v) is 2.44. The van der Waals surface area contributed by atoms with E-state index in [1.54, 1.807) is 6.07 Å². The standard InChI is InChI=1S/C15H14Cl2FN/c1-19-14(10-4-2-6-12(16)8-10)9-11-5-3-7-13(18)15(11)17/h2-8,14,19H,9H2,1H3. The smallest absolute Gasteiger partial charge is 0.142 e. The third kappa shape index (κ3) is 3.47. The van der Waals surface area contributed by atoms with Crippen molar-refractivity contribution in [3.63, 3.8) is 0 Å². The van der Waals surface area contributed by atoms with Crippen LogP contribution in [-0.4, -0.2) is 7.05 Å². The summed E-state index contributed by atoms with van der Waals surface area (Å²) in [6.45, 7) is 0. The fraction of sp³-hybridized carbons (Fsp3) is 0.200. The first-order chi connectivity index (χ1) is 9.11. The summed E-state index contributed by atoms with van der Waals surface area (Å²) >= 11 is 12.0. The molecule has 0 saturated heterocycles. The largest absolute Gasteiger partial charge is 0.313 e. The third-order valence-electron chi connectivity index (χ3n) is 3.06. The van der Waals surface area contributed by atoms with E-state index in [1.807, 2.05) is 37.4 Å². The molecule has 0 fully saturated rings. The zero-order chi connectivity index (χ0) is 13.8. The van der Waals surface area contributed by atoms with Crippen molar-refractivity contribution < 1.29 is 4.39 Å². The Balaban J connectivity index is 2.26. The van der Waals surface area contributed by atoms with Crippen molar-refractivity contribution in [2.75, 3.05) is 7.05 Å². The quantitative estimate of drug-likeness (QED) is 0.867. The number of hydrogen-bond donors (Lipinski definition) is 1. The monoisotopic (exact) mass is 297 g/mol. The highest BCUT2D eigenvalue weighted by Crippen LogP contribution is 2.26. The second kappa shape index (κ2) is 6.38. The molecule has 1 nitrogen and oxygen atoms in total. The van der Waals surface area contributed by atoms with Crippen molar-refractivity contribution in [3.8, 4) is 0 Å². The molecule has 1 N–H and O–H groups in total. The summed E-state index contributed by atoms with van der Waals surface area (Å²) in [6, 6.07) is 12.5. The molecule has 2 rings (SSSR count). The van der Waals surface area contributed by atoms with Crippen LogP contribution >= 0.6 is 23.2 Å². The summed E-state index contributed by atoms with van der Waals surface area (Å²) in [4.78, 5) is 0. The van der Waals surface area contributed by atoms with Crippen molar-refractivity contribution in [2.45, 2.75) is 12.5 Å². The molecule has 0 radical (unpaired) electrons. The number of rotatable bonds is 4. The van der Waals surface area contributed by atoms with Crippen LogP contribution in [0.25, 0.3) is 0 Å². The van der Waals surface area contributed by atoms with Crippen molar-refractivity contribution in [1.29, 1.82) is 0 Å². The van der Waals surface area contributed by atoms with Gasteiger partial charge in [-0.05, 0) is 42.8 Å². The fourth-order valence-electron chi connectivity index (χ4n) is 2.04. The van der Waals surface area contributed by atoms with Gasteiger partial charge in [-0.1, -0.05) is 47.5 Å². The van der Waals surface area contributed by atoms with E-state index in [2.05, 4.69) is 5.32 Å². The average molecular weight is 298 g/mol. The minimum absolute atomic E-state index is 0.0398. The van der Waals surface area contributed by atoms with E-state index in [-0.39, 0.29) is 16.9 Å². The van der Waals surface area contributed by atoms with Crippen LogP contribution in [0.3, 0.4) is 0 Å². The molecular formula is C15H14Cl2FN. The minimum Gasteiger partial charge on any atom is -0.313 e. The Morgan fingerprint density at radius 1 is 1.16 bits per heavy atom. The number of likely N-dealkylation sites (N-methyl/N-ethyl adjacent to an activating group) is 1. The topological polar surface area (TPSA) is 12.0 Å². The van der Waals surface area contributed by atoms with E-state index in [0.717, 1.165) is 11.1 Å². The highest BCUT2D eigenvalue weighted by molar-refractivity contribution is 6.31.